The summed E-state index contributed by atoms with van der Waals surface area (Å²) in [6.45, 7) is -0.407. The van der Waals surface area contributed by atoms with Crippen LogP contribution in [0.2, 0.25) is 4.34 Å². The van der Waals surface area contributed by atoms with Crippen LogP contribution in [0.3, 0.4) is 0 Å². The molecule has 2 N–H and O–H groups in total. The van der Waals surface area contributed by atoms with Crippen LogP contribution in [-0.2, 0) is 22.7 Å². The maximum absolute atomic E-state index is 14.4. The van der Waals surface area contributed by atoms with Crippen LogP contribution in [-0.4, -0.2) is 19.3 Å². The van der Waals surface area contributed by atoms with E-state index in [9.17, 15) is 35.2 Å². The van der Waals surface area contributed by atoms with Gasteiger partial charge in [-0.15, -0.1) is 0 Å². The van der Waals surface area contributed by atoms with E-state index in [4.69, 9.17) is 11.6 Å². The molecule has 6 nitrogen and oxygen atoms in total. The summed E-state index contributed by atoms with van der Waals surface area (Å²) in [6.07, 6.45) is -3.71. The summed E-state index contributed by atoms with van der Waals surface area (Å²) in [7, 11) is -4.36. The molecule has 0 spiro atoms. The number of amides is 1. The number of hydrogen-bond acceptors (Lipinski definition) is 5. The predicted molar refractivity (Wildman–Crippen MR) is 107 cm³/mol. The lowest BCUT2D eigenvalue weighted by Gasteiger charge is -2.11. The Labute approximate surface area is 187 Å². The quantitative estimate of drug-likeness (QED) is 0.464. The highest BCUT2D eigenvalue weighted by Gasteiger charge is 2.34. The first-order valence-corrected chi connectivity index (χ1v) is 11.1. The zero-order chi connectivity index (χ0) is 23.7. The molecule has 0 bridgehead atoms. The van der Waals surface area contributed by atoms with Crippen molar-refractivity contribution in [1.29, 1.82) is 0 Å². The van der Waals surface area contributed by atoms with Gasteiger partial charge in [-0.1, -0.05) is 29.0 Å². The van der Waals surface area contributed by atoms with Crippen LogP contribution < -0.4 is 10.0 Å². The Morgan fingerprint density at radius 2 is 1.81 bits per heavy atom. The summed E-state index contributed by atoms with van der Waals surface area (Å²) >= 11 is 6.48. The number of alkyl halides is 3. The summed E-state index contributed by atoms with van der Waals surface area (Å²) in [4.78, 5) is 15.2. The second kappa shape index (κ2) is 9.00. The van der Waals surface area contributed by atoms with Crippen molar-refractivity contribution in [2.45, 2.75) is 17.6 Å². The van der Waals surface area contributed by atoms with Crippen LogP contribution >= 0.6 is 22.9 Å². The number of aromatic nitrogens is 1. The molecule has 0 unspecified atom stereocenters. The number of nitrogens with zero attached hydrogens (tertiary/aromatic N) is 1. The van der Waals surface area contributed by atoms with Crippen molar-refractivity contribution in [2.24, 2.45) is 0 Å². The molecule has 3 aromatic rings. The highest BCUT2D eigenvalue weighted by molar-refractivity contribution is 7.93. The molecule has 32 heavy (non-hydrogen) atoms. The van der Waals surface area contributed by atoms with Gasteiger partial charge in [-0.3, -0.25) is 9.52 Å². The molecule has 0 fully saturated rings. The third kappa shape index (κ3) is 5.53. The van der Waals surface area contributed by atoms with Crippen molar-refractivity contribution in [1.82, 2.24) is 10.3 Å². The van der Waals surface area contributed by atoms with E-state index in [1.54, 1.807) is 0 Å². The minimum Gasteiger partial charge on any atom is -0.348 e. The smallest absolute Gasteiger partial charge is 0.348 e. The molecular weight excluding hydrogens is 501 g/mol. The van der Waals surface area contributed by atoms with E-state index in [1.807, 2.05) is 4.72 Å². The van der Waals surface area contributed by atoms with Gasteiger partial charge in [-0.05, 0) is 35.9 Å². The summed E-state index contributed by atoms with van der Waals surface area (Å²) in [5, 5.41) is 2.17. The highest BCUT2D eigenvalue weighted by atomic mass is 35.5. The number of anilines is 1. The molecule has 0 saturated carbocycles. The minimum absolute atomic E-state index is 0.0435. The second-order valence-corrected chi connectivity index (χ2v) is 9.53. The van der Waals surface area contributed by atoms with Crippen LogP contribution in [0.15, 0.2) is 47.5 Å². The van der Waals surface area contributed by atoms with Crippen LogP contribution in [0.5, 0.6) is 0 Å². The third-order valence-corrected chi connectivity index (χ3v) is 6.50. The topological polar surface area (TPSA) is 88.2 Å². The number of hydrogen-bond donors (Lipinski definition) is 2. The molecule has 1 heterocycles. The average molecular weight is 512 g/mol. The first-order chi connectivity index (χ1) is 14.9. The Morgan fingerprint density at radius 1 is 1.09 bits per heavy atom. The van der Waals surface area contributed by atoms with Gasteiger partial charge < -0.3 is 5.32 Å². The monoisotopic (exact) mass is 511 g/mol. The number of benzene rings is 2. The number of rotatable bonds is 6. The zero-order valence-corrected chi connectivity index (χ0v) is 17.9. The fraction of sp³-hybridized carbons (Fsp3) is 0.111. The Balaban J connectivity index is 1.73. The van der Waals surface area contributed by atoms with Crippen LogP contribution in [0.1, 0.15) is 21.5 Å². The minimum atomic E-state index is -4.91. The Bertz CT molecular complexity index is 1280. The van der Waals surface area contributed by atoms with Gasteiger partial charge in [0.15, 0.2) is 5.13 Å². The van der Waals surface area contributed by atoms with Crippen molar-refractivity contribution in [2.75, 3.05) is 4.72 Å². The molecule has 14 heteroatoms. The molecule has 0 aliphatic rings. The average Bonchev–Trinajstić information content (AvgIpc) is 3.09. The summed E-state index contributed by atoms with van der Waals surface area (Å²) < 4.78 is 92.9. The Kier molecular flexibility index (Phi) is 6.72. The molecule has 0 aliphatic carbocycles. The van der Waals surface area contributed by atoms with E-state index in [1.165, 1.54) is 6.20 Å². The van der Waals surface area contributed by atoms with E-state index in [0.29, 0.717) is 18.2 Å². The standard InChI is InChI=1S/C18H11ClF5N3O3S2/c19-15-8-26-17(31-15)27-32(29,30)14-4-2-10(6-13(14)21)16(28)25-7-9-1-3-12(20)11(5-9)18(22,23)24/h1-6,8H,7H2,(H,25,28)(H,26,27). The van der Waals surface area contributed by atoms with Gasteiger partial charge >= 0.3 is 6.18 Å². The fourth-order valence-corrected chi connectivity index (χ4v) is 4.63. The Morgan fingerprint density at radius 3 is 2.41 bits per heavy atom. The molecule has 0 atom stereocenters. The van der Waals surface area contributed by atoms with Crippen LogP contribution in [0, 0.1) is 11.6 Å². The number of thiazole rings is 1. The van der Waals surface area contributed by atoms with Crippen LogP contribution in [0.4, 0.5) is 27.1 Å². The lowest BCUT2D eigenvalue weighted by molar-refractivity contribution is -0.140. The van der Waals surface area contributed by atoms with Gasteiger partial charge in [-0.2, -0.15) is 13.2 Å². The summed E-state index contributed by atoms with van der Waals surface area (Å²) in [5.41, 5.74) is -1.81. The molecule has 170 valence electrons. The molecule has 3 rings (SSSR count). The molecule has 0 radical (unpaired) electrons. The van der Waals surface area contributed by atoms with Gasteiger partial charge in [0.05, 0.1) is 11.8 Å². The second-order valence-electron chi connectivity index (χ2n) is 6.21. The molecule has 1 aromatic heterocycles. The van der Waals surface area contributed by atoms with E-state index < -0.39 is 50.7 Å². The zero-order valence-electron chi connectivity index (χ0n) is 15.5. The van der Waals surface area contributed by atoms with Crippen molar-refractivity contribution in [3.8, 4) is 0 Å². The van der Waals surface area contributed by atoms with Gasteiger partial charge in [0.25, 0.3) is 15.9 Å². The fourth-order valence-electron chi connectivity index (χ4n) is 2.52. The first-order valence-electron chi connectivity index (χ1n) is 8.44. The van der Waals surface area contributed by atoms with Crippen LogP contribution in [0.25, 0.3) is 0 Å². The highest BCUT2D eigenvalue weighted by Crippen LogP contribution is 2.32. The van der Waals surface area contributed by atoms with Crippen molar-refractivity contribution >= 4 is 44.0 Å². The van der Waals surface area contributed by atoms with E-state index in [0.717, 1.165) is 29.5 Å². The lowest BCUT2D eigenvalue weighted by Crippen LogP contribution is -2.24. The summed E-state index contributed by atoms with van der Waals surface area (Å²) in [5.74, 6) is -3.58. The first kappa shape index (κ1) is 23.9. The van der Waals surface area contributed by atoms with Crippen molar-refractivity contribution in [3.05, 3.63) is 75.3 Å². The maximum atomic E-state index is 14.4. The number of nitrogens with one attached hydrogen (secondary N) is 2. The van der Waals surface area contributed by atoms with Crippen molar-refractivity contribution < 1.29 is 35.2 Å². The third-order valence-electron chi connectivity index (χ3n) is 3.97. The van der Waals surface area contributed by atoms with Gasteiger partial charge in [0.1, 0.15) is 20.9 Å². The van der Waals surface area contributed by atoms with E-state index >= 15 is 0 Å². The van der Waals surface area contributed by atoms with Gasteiger partial charge in [-0.25, -0.2) is 22.2 Å². The molecule has 0 aliphatic heterocycles. The number of carbonyl (C=O) groups is 1. The lowest BCUT2D eigenvalue weighted by atomic mass is 10.1. The van der Waals surface area contributed by atoms with E-state index in [2.05, 4.69) is 10.3 Å². The normalized spacial score (nSPS) is 11.9. The maximum Gasteiger partial charge on any atom is 0.419 e. The number of sulfonamides is 1. The molecular formula is C18H11ClF5N3O3S2. The SMILES string of the molecule is O=C(NCc1ccc(F)c(C(F)(F)F)c1)c1ccc(S(=O)(=O)Nc2ncc(Cl)s2)c(F)c1. The van der Waals surface area contributed by atoms with Gasteiger partial charge in [0, 0.05) is 12.1 Å². The van der Waals surface area contributed by atoms with Crippen molar-refractivity contribution in [3.63, 3.8) is 0 Å². The molecule has 2 aromatic carbocycles. The molecule has 0 saturated heterocycles. The Hall–Kier alpha value is -2.77. The number of halogens is 6. The summed E-state index contributed by atoms with van der Waals surface area (Å²) in [6, 6.07) is 4.74. The molecule has 1 amide bonds. The number of carbonyl (C=O) groups excluding carboxylic acids is 1. The largest absolute Gasteiger partial charge is 0.419 e. The van der Waals surface area contributed by atoms with Gasteiger partial charge in [0.2, 0.25) is 0 Å². The van der Waals surface area contributed by atoms with E-state index in [-0.39, 0.29) is 20.6 Å². The predicted octanol–water partition coefficient (Wildman–Crippen LogP) is 4.82.